The lowest BCUT2D eigenvalue weighted by atomic mass is 9.82. The lowest BCUT2D eigenvalue weighted by molar-refractivity contribution is -0.143. The Morgan fingerprint density at radius 2 is 1.39 bits per heavy atom. The zero-order valence-corrected chi connectivity index (χ0v) is 24.3. The number of hydrogen-bond donors (Lipinski definition) is 4. The fourth-order valence-corrected chi connectivity index (χ4v) is 5.91. The number of aliphatic carboxylic acids is 1. The summed E-state index contributed by atoms with van der Waals surface area (Å²) in [6.07, 6.45) is 2.78. The highest BCUT2D eigenvalue weighted by Crippen LogP contribution is 2.28. The number of aromatic nitrogens is 2. The molecule has 1 aliphatic rings. The van der Waals surface area contributed by atoms with Crippen LogP contribution >= 0.6 is 0 Å². The van der Waals surface area contributed by atoms with Crippen LogP contribution in [0, 0.1) is 11.8 Å². The SMILES string of the molecule is O=C(O)C1CCC(CNC(=O)[C@@H](Cc2ccccc2)NC(=O)[C@@H](Cc2ccccc2)n2c(=O)[nH]c3ccccc3c2=O)CC1. The van der Waals surface area contributed by atoms with Crippen molar-refractivity contribution in [2.24, 2.45) is 11.8 Å². The predicted molar refractivity (Wildman–Crippen MR) is 166 cm³/mol. The van der Waals surface area contributed by atoms with Crippen LogP contribution in [-0.4, -0.2) is 45.0 Å². The fraction of sp³-hybridized carbons (Fsp3) is 0.324. The second-order valence-corrected chi connectivity index (χ2v) is 11.4. The van der Waals surface area contributed by atoms with Gasteiger partial charge in [0.25, 0.3) is 5.56 Å². The van der Waals surface area contributed by atoms with Crippen molar-refractivity contribution in [3.05, 3.63) is 117 Å². The molecule has 1 fully saturated rings. The van der Waals surface area contributed by atoms with Crippen molar-refractivity contribution in [2.75, 3.05) is 6.54 Å². The van der Waals surface area contributed by atoms with E-state index in [1.807, 2.05) is 60.7 Å². The van der Waals surface area contributed by atoms with Crippen LogP contribution in [0.3, 0.4) is 0 Å². The van der Waals surface area contributed by atoms with E-state index in [4.69, 9.17) is 0 Å². The molecule has 44 heavy (non-hydrogen) atoms. The maximum absolute atomic E-state index is 14.0. The Morgan fingerprint density at radius 1 is 0.795 bits per heavy atom. The lowest BCUT2D eigenvalue weighted by Gasteiger charge is -2.27. The van der Waals surface area contributed by atoms with Crippen LogP contribution in [0.4, 0.5) is 0 Å². The zero-order chi connectivity index (χ0) is 31.1. The second-order valence-electron chi connectivity index (χ2n) is 11.4. The first kappa shape index (κ1) is 30.5. The first-order valence-corrected chi connectivity index (χ1v) is 14.9. The average Bonchev–Trinajstić information content (AvgIpc) is 3.04. The summed E-state index contributed by atoms with van der Waals surface area (Å²) in [4.78, 5) is 68.5. The summed E-state index contributed by atoms with van der Waals surface area (Å²) < 4.78 is 0.934. The van der Waals surface area contributed by atoms with Gasteiger partial charge in [-0.25, -0.2) is 9.36 Å². The Labute approximate surface area is 254 Å². The summed E-state index contributed by atoms with van der Waals surface area (Å²) in [7, 11) is 0. The number of carbonyl (C=O) groups excluding carboxylic acids is 2. The molecule has 5 rings (SSSR count). The van der Waals surface area contributed by atoms with E-state index in [-0.39, 0.29) is 36.0 Å². The van der Waals surface area contributed by atoms with Gasteiger partial charge in [0.1, 0.15) is 12.1 Å². The summed E-state index contributed by atoms with van der Waals surface area (Å²) in [5.41, 5.74) is 0.631. The molecular formula is C34H36N4O6. The lowest BCUT2D eigenvalue weighted by Crippen LogP contribution is -2.53. The average molecular weight is 597 g/mol. The van der Waals surface area contributed by atoms with Gasteiger partial charge in [0.15, 0.2) is 0 Å². The number of carboxylic acids is 1. The molecular weight excluding hydrogens is 560 g/mol. The van der Waals surface area contributed by atoms with Crippen molar-refractivity contribution in [3.8, 4) is 0 Å². The molecule has 10 heteroatoms. The van der Waals surface area contributed by atoms with E-state index >= 15 is 0 Å². The number of fused-ring (bicyclic) bond motifs is 1. The van der Waals surface area contributed by atoms with Crippen molar-refractivity contribution < 1.29 is 19.5 Å². The maximum atomic E-state index is 14.0. The number of H-pyrrole nitrogens is 1. The van der Waals surface area contributed by atoms with Crippen molar-refractivity contribution in [3.63, 3.8) is 0 Å². The van der Waals surface area contributed by atoms with Gasteiger partial charge in [-0.1, -0.05) is 72.8 Å². The third-order valence-corrected chi connectivity index (χ3v) is 8.40. The Bertz CT molecular complexity index is 1730. The minimum absolute atomic E-state index is 0.0560. The molecule has 3 aromatic carbocycles. The Kier molecular flexibility index (Phi) is 9.69. The van der Waals surface area contributed by atoms with Gasteiger partial charge in [-0.2, -0.15) is 0 Å². The van der Waals surface area contributed by atoms with Crippen molar-refractivity contribution in [2.45, 2.75) is 50.6 Å². The Balaban J connectivity index is 1.41. The van der Waals surface area contributed by atoms with E-state index < -0.39 is 35.2 Å². The Hall–Kier alpha value is -4.99. The summed E-state index contributed by atoms with van der Waals surface area (Å²) in [5.74, 6) is -2.01. The first-order chi connectivity index (χ1) is 21.3. The van der Waals surface area contributed by atoms with Gasteiger partial charge in [-0.3, -0.25) is 19.2 Å². The maximum Gasteiger partial charge on any atom is 0.329 e. The van der Waals surface area contributed by atoms with Gasteiger partial charge < -0.3 is 20.7 Å². The van der Waals surface area contributed by atoms with Gasteiger partial charge in [-0.15, -0.1) is 0 Å². The molecule has 1 heterocycles. The van der Waals surface area contributed by atoms with Crippen LogP contribution < -0.4 is 21.9 Å². The minimum Gasteiger partial charge on any atom is -0.481 e. The molecule has 0 spiro atoms. The standard InChI is InChI=1S/C34H36N4O6/c39-30(35-21-24-15-17-25(18-16-24)33(42)43)28(19-22-9-3-1-4-10-22)36-31(40)29(20-23-11-5-2-6-12-23)38-32(41)26-13-7-8-14-27(26)37-34(38)44/h1-14,24-25,28-29H,15-21H2,(H,35,39)(H,36,40)(H,37,44)(H,42,43)/t24?,25?,28-,29-/m1/s1. The van der Waals surface area contributed by atoms with E-state index in [1.54, 1.807) is 24.3 Å². The molecule has 1 aliphatic carbocycles. The monoisotopic (exact) mass is 596 g/mol. The number of rotatable bonds is 11. The molecule has 10 nitrogen and oxygen atoms in total. The number of carboxylic acid groups (broad SMARTS) is 1. The van der Waals surface area contributed by atoms with Gasteiger partial charge in [0.05, 0.1) is 16.8 Å². The normalized spacial score (nSPS) is 17.8. The number of nitrogens with zero attached hydrogens (tertiary/aromatic N) is 1. The molecule has 4 N–H and O–H groups in total. The Morgan fingerprint density at radius 3 is 2.02 bits per heavy atom. The molecule has 0 saturated heterocycles. The fourth-order valence-electron chi connectivity index (χ4n) is 5.91. The number of amides is 2. The van der Waals surface area contributed by atoms with Crippen LogP contribution in [0.2, 0.25) is 0 Å². The van der Waals surface area contributed by atoms with Gasteiger partial charge in [-0.05, 0) is 54.9 Å². The van der Waals surface area contributed by atoms with Crippen LogP contribution in [0.5, 0.6) is 0 Å². The minimum atomic E-state index is -1.23. The van der Waals surface area contributed by atoms with Crippen molar-refractivity contribution in [1.82, 2.24) is 20.2 Å². The van der Waals surface area contributed by atoms with Crippen molar-refractivity contribution in [1.29, 1.82) is 0 Å². The molecule has 228 valence electrons. The van der Waals surface area contributed by atoms with E-state index in [1.165, 1.54) is 0 Å². The number of benzene rings is 3. The topological polar surface area (TPSA) is 150 Å². The quantitative estimate of drug-likeness (QED) is 0.209. The van der Waals surface area contributed by atoms with Crippen LogP contribution in [0.15, 0.2) is 94.5 Å². The number of hydrogen-bond acceptors (Lipinski definition) is 5. The highest BCUT2D eigenvalue weighted by Gasteiger charge is 2.31. The highest BCUT2D eigenvalue weighted by atomic mass is 16.4. The van der Waals surface area contributed by atoms with Crippen LogP contribution in [0.1, 0.15) is 42.9 Å². The number of carbonyl (C=O) groups is 3. The van der Waals surface area contributed by atoms with E-state index in [2.05, 4.69) is 15.6 Å². The molecule has 4 aromatic rings. The molecule has 1 aromatic heterocycles. The van der Waals surface area contributed by atoms with E-state index in [0.717, 1.165) is 15.7 Å². The third kappa shape index (κ3) is 7.31. The van der Waals surface area contributed by atoms with E-state index in [9.17, 15) is 29.1 Å². The van der Waals surface area contributed by atoms with Crippen molar-refractivity contribution >= 4 is 28.7 Å². The summed E-state index contributed by atoms with van der Waals surface area (Å²) >= 11 is 0. The number of nitrogens with one attached hydrogen (secondary N) is 3. The first-order valence-electron chi connectivity index (χ1n) is 14.9. The zero-order valence-electron chi connectivity index (χ0n) is 24.3. The summed E-state index contributed by atoms with van der Waals surface area (Å²) in [6.45, 7) is 0.365. The van der Waals surface area contributed by atoms with Crippen LogP contribution in [-0.2, 0) is 27.2 Å². The van der Waals surface area contributed by atoms with E-state index in [0.29, 0.717) is 37.7 Å². The van der Waals surface area contributed by atoms with Gasteiger partial charge in [0, 0.05) is 19.4 Å². The van der Waals surface area contributed by atoms with Gasteiger partial charge >= 0.3 is 11.7 Å². The second kappa shape index (κ2) is 14.0. The molecule has 0 bridgehead atoms. The third-order valence-electron chi connectivity index (χ3n) is 8.40. The molecule has 1 saturated carbocycles. The summed E-state index contributed by atoms with van der Waals surface area (Å²) in [5, 5.41) is 15.4. The molecule has 2 atom stereocenters. The molecule has 0 radical (unpaired) electrons. The van der Waals surface area contributed by atoms with Crippen LogP contribution in [0.25, 0.3) is 10.9 Å². The number of para-hydroxylation sites is 1. The molecule has 2 amide bonds. The highest BCUT2D eigenvalue weighted by molar-refractivity contribution is 5.89. The van der Waals surface area contributed by atoms with Gasteiger partial charge in [0.2, 0.25) is 11.8 Å². The summed E-state index contributed by atoms with van der Waals surface area (Å²) in [6, 6.07) is 22.8. The predicted octanol–water partition coefficient (Wildman–Crippen LogP) is 3.21. The largest absolute Gasteiger partial charge is 0.481 e. The number of aromatic amines is 1. The molecule has 0 aliphatic heterocycles. The molecule has 0 unspecified atom stereocenters. The smallest absolute Gasteiger partial charge is 0.329 e.